The van der Waals surface area contributed by atoms with Crippen molar-refractivity contribution in [2.24, 2.45) is 7.05 Å². The molecule has 3 aromatic heterocycles. The maximum Gasteiger partial charge on any atom is 0.0643 e. The number of aromatic nitrogens is 2. The van der Waals surface area contributed by atoms with Gasteiger partial charge in [-0.05, 0) is 30.6 Å². The number of fused-ring (bicyclic) bond motifs is 1. The molecule has 0 aromatic carbocycles. The average molecular weight is 277 g/mol. The van der Waals surface area contributed by atoms with Crippen LogP contribution < -0.4 is 5.32 Å². The molecule has 0 fully saturated rings. The number of aryl methyl sites for hydroxylation is 1. The fraction of sp³-hybridized carbons (Fsp3) is 0.308. The van der Waals surface area contributed by atoms with Gasteiger partial charge in [0.1, 0.15) is 0 Å². The van der Waals surface area contributed by atoms with Crippen LogP contribution in [-0.2, 0) is 13.5 Å². The third-order valence-electron chi connectivity index (χ3n) is 3.03. The molecule has 0 saturated carbocycles. The molecule has 18 heavy (non-hydrogen) atoms. The Morgan fingerprint density at radius 3 is 2.94 bits per heavy atom. The molecule has 3 rings (SSSR count). The van der Waals surface area contributed by atoms with Crippen LogP contribution in [0.25, 0.3) is 9.40 Å². The van der Waals surface area contributed by atoms with Crippen LogP contribution in [0.5, 0.6) is 0 Å². The van der Waals surface area contributed by atoms with Crippen LogP contribution in [0.3, 0.4) is 0 Å². The van der Waals surface area contributed by atoms with Crippen LogP contribution in [0.2, 0.25) is 0 Å². The topological polar surface area (TPSA) is 29.9 Å². The monoisotopic (exact) mass is 277 g/mol. The van der Waals surface area contributed by atoms with Gasteiger partial charge in [-0.3, -0.25) is 4.68 Å². The van der Waals surface area contributed by atoms with Gasteiger partial charge in [0.05, 0.1) is 5.69 Å². The summed E-state index contributed by atoms with van der Waals surface area (Å²) in [5.74, 6) is 0. The summed E-state index contributed by atoms with van der Waals surface area (Å²) in [6, 6.07) is 6.93. The van der Waals surface area contributed by atoms with Crippen LogP contribution in [0, 0.1) is 0 Å². The Bertz CT molecular complexity index is 621. The number of thiophene rings is 2. The number of rotatable bonds is 4. The van der Waals surface area contributed by atoms with Crippen molar-refractivity contribution < 1.29 is 0 Å². The molecule has 1 N–H and O–H groups in total. The first-order chi connectivity index (χ1) is 8.76. The summed E-state index contributed by atoms with van der Waals surface area (Å²) in [5, 5.41) is 9.99. The number of likely N-dealkylation sites (N-methyl/N-ethyl adjacent to an activating group) is 1. The predicted molar refractivity (Wildman–Crippen MR) is 78.4 cm³/mol. The van der Waals surface area contributed by atoms with Crippen molar-refractivity contribution in [2.75, 3.05) is 7.05 Å². The van der Waals surface area contributed by atoms with E-state index in [1.165, 1.54) is 14.3 Å². The summed E-state index contributed by atoms with van der Waals surface area (Å²) < 4.78 is 4.63. The average Bonchev–Trinajstić information content (AvgIpc) is 3.00. The van der Waals surface area contributed by atoms with Gasteiger partial charge in [-0.25, -0.2) is 0 Å². The number of nitrogens with one attached hydrogen (secondary N) is 1. The third-order valence-corrected chi connectivity index (χ3v) is 5.24. The van der Waals surface area contributed by atoms with Crippen molar-refractivity contribution >= 4 is 32.1 Å². The Kier molecular flexibility index (Phi) is 3.20. The summed E-state index contributed by atoms with van der Waals surface area (Å²) in [6.07, 6.45) is 2.93. The lowest BCUT2D eigenvalue weighted by molar-refractivity contribution is 0.586. The van der Waals surface area contributed by atoms with Gasteiger partial charge in [0, 0.05) is 40.0 Å². The minimum Gasteiger partial charge on any atom is -0.312 e. The molecule has 0 radical (unpaired) electrons. The molecule has 94 valence electrons. The van der Waals surface area contributed by atoms with E-state index in [2.05, 4.69) is 34.0 Å². The van der Waals surface area contributed by atoms with Crippen LogP contribution in [0.4, 0.5) is 0 Å². The van der Waals surface area contributed by atoms with Crippen molar-refractivity contribution in [1.29, 1.82) is 0 Å². The quantitative estimate of drug-likeness (QED) is 0.793. The second-order valence-electron chi connectivity index (χ2n) is 4.32. The zero-order valence-electron chi connectivity index (χ0n) is 10.4. The van der Waals surface area contributed by atoms with Crippen molar-refractivity contribution in [1.82, 2.24) is 15.1 Å². The highest BCUT2D eigenvalue weighted by Gasteiger charge is 2.15. The van der Waals surface area contributed by atoms with Gasteiger partial charge in [-0.15, -0.1) is 22.7 Å². The van der Waals surface area contributed by atoms with Gasteiger partial charge < -0.3 is 5.32 Å². The van der Waals surface area contributed by atoms with Crippen molar-refractivity contribution in [3.8, 4) is 0 Å². The van der Waals surface area contributed by atoms with E-state index in [0.717, 1.165) is 12.1 Å². The van der Waals surface area contributed by atoms with Gasteiger partial charge in [0.2, 0.25) is 0 Å². The lowest BCUT2D eigenvalue weighted by Gasteiger charge is -2.12. The summed E-state index contributed by atoms with van der Waals surface area (Å²) in [5.41, 5.74) is 1.13. The number of hydrogen-bond donors (Lipinski definition) is 1. The Hall–Kier alpha value is -1.17. The molecule has 0 saturated heterocycles. The molecule has 0 aliphatic rings. The van der Waals surface area contributed by atoms with Crippen LogP contribution >= 0.6 is 22.7 Å². The largest absolute Gasteiger partial charge is 0.312 e. The first-order valence-electron chi connectivity index (χ1n) is 5.89. The molecule has 0 bridgehead atoms. The second-order valence-corrected chi connectivity index (χ2v) is 6.39. The summed E-state index contributed by atoms with van der Waals surface area (Å²) in [4.78, 5) is 1.39. The molecule has 0 spiro atoms. The summed E-state index contributed by atoms with van der Waals surface area (Å²) in [7, 11) is 3.97. The van der Waals surface area contributed by atoms with Gasteiger partial charge >= 0.3 is 0 Å². The minimum atomic E-state index is 0.351. The highest BCUT2D eigenvalue weighted by molar-refractivity contribution is 7.26. The molecule has 0 aliphatic heterocycles. The maximum atomic E-state index is 4.45. The van der Waals surface area contributed by atoms with Gasteiger partial charge in [0.25, 0.3) is 0 Å². The zero-order chi connectivity index (χ0) is 12.5. The SMILES string of the molecule is CNC(Cc1ccn(C)n1)c1cc2sccc2s1. The van der Waals surface area contributed by atoms with Crippen molar-refractivity contribution in [3.63, 3.8) is 0 Å². The molecule has 5 heteroatoms. The number of nitrogens with zero attached hydrogens (tertiary/aromatic N) is 2. The van der Waals surface area contributed by atoms with E-state index in [-0.39, 0.29) is 0 Å². The molecule has 3 heterocycles. The first kappa shape index (κ1) is 11.9. The zero-order valence-corrected chi connectivity index (χ0v) is 12.0. The molecule has 1 unspecified atom stereocenters. The fourth-order valence-corrected chi connectivity index (χ4v) is 4.31. The Morgan fingerprint density at radius 2 is 2.28 bits per heavy atom. The van der Waals surface area contributed by atoms with E-state index in [1.807, 2.05) is 47.6 Å². The molecule has 0 aliphatic carbocycles. The molecule has 0 amide bonds. The smallest absolute Gasteiger partial charge is 0.0643 e. The van der Waals surface area contributed by atoms with E-state index >= 15 is 0 Å². The minimum absolute atomic E-state index is 0.351. The molecular weight excluding hydrogens is 262 g/mol. The van der Waals surface area contributed by atoms with E-state index < -0.39 is 0 Å². The third kappa shape index (κ3) is 2.21. The predicted octanol–water partition coefficient (Wildman–Crippen LogP) is 3.20. The molecular formula is C13H15N3S2. The van der Waals surface area contributed by atoms with E-state index in [9.17, 15) is 0 Å². The van der Waals surface area contributed by atoms with Gasteiger partial charge in [-0.2, -0.15) is 5.10 Å². The summed E-state index contributed by atoms with van der Waals surface area (Å²) in [6.45, 7) is 0. The van der Waals surface area contributed by atoms with E-state index in [1.54, 1.807) is 0 Å². The second kappa shape index (κ2) is 4.84. The highest BCUT2D eigenvalue weighted by Crippen LogP contribution is 2.34. The Morgan fingerprint density at radius 1 is 1.39 bits per heavy atom. The molecule has 1 atom stereocenters. The van der Waals surface area contributed by atoms with E-state index in [4.69, 9.17) is 0 Å². The molecule has 3 aromatic rings. The normalized spacial score (nSPS) is 13.2. The lowest BCUT2D eigenvalue weighted by Crippen LogP contribution is -2.18. The Balaban J connectivity index is 1.85. The highest BCUT2D eigenvalue weighted by atomic mass is 32.1. The van der Waals surface area contributed by atoms with E-state index in [0.29, 0.717) is 6.04 Å². The Labute approximate surface area is 114 Å². The maximum absolute atomic E-state index is 4.45. The molecule has 3 nitrogen and oxygen atoms in total. The lowest BCUT2D eigenvalue weighted by atomic mass is 10.1. The fourth-order valence-electron chi connectivity index (χ4n) is 2.08. The van der Waals surface area contributed by atoms with Gasteiger partial charge in [-0.1, -0.05) is 0 Å². The van der Waals surface area contributed by atoms with Crippen LogP contribution in [0.15, 0.2) is 29.8 Å². The standard InChI is InChI=1S/C13H15N3S2/c1-14-10(7-9-3-5-16(2)15-9)12-8-13-11(18-12)4-6-17-13/h3-6,8,10,14H,7H2,1-2H3. The van der Waals surface area contributed by atoms with Crippen LogP contribution in [-0.4, -0.2) is 16.8 Å². The van der Waals surface area contributed by atoms with Crippen molar-refractivity contribution in [2.45, 2.75) is 12.5 Å². The summed E-state index contributed by atoms with van der Waals surface area (Å²) >= 11 is 3.69. The number of hydrogen-bond acceptors (Lipinski definition) is 4. The first-order valence-corrected chi connectivity index (χ1v) is 7.58. The van der Waals surface area contributed by atoms with Gasteiger partial charge in [0.15, 0.2) is 0 Å². The van der Waals surface area contributed by atoms with Crippen molar-refractivity contribution in [3.05, 3.63) is 40.3 Å². The van der Waals surface area contributed by atoms with Crippen LogP contribution in [0.1, 0.15) is 16.6 Å².